The van der Waals surface area contributed by atoms with Gasteiger partial charge in [-0.3, -0.25) is 9.88 Å². The maximum Gasteiger partial charge on any atom is 0.371 e. The monoisotopic (exact) mass is 553 g/mol. The number of ether oxygens (including phenoxy) is 2. The molecule has 0 radical (unpaired) electrons. The lowest BCUT2D eigenvalue weighted by Gasteiger charge is -2.29. The molecule has 4 aromatic rings. The standard InChI is InChI=1S/C27H25ClFN5O5/c28-18-2-1-17(20(29)9-18)15-38-25-12-30-11-21(31-25)16-3-6-33(7-4-16)14-24-32-26-22(10-23(39-26)27(35)36)34(24)13-19-5-8-37-19/h1-3,9-12,19H,4-8,13-15H2,(H,35,36)/t19-/m0/s1. The SMILES string of the molecule is O=C(O)c1cc2c(nc(CN3CC=C(c4cncc(OCc5ccc(Cl)cc5F)n4)CC3)n2C[C@@H]2CCO2)o1. The van der Waals surface area contributed by atoms with E-state index in [1.54, 1.807) is 18.3 Å². The van der Waals surface area contributed by atoms with E-state index in [-0.39, 0.29) is 18.5 Å². The average molecular weight is 554 g/mol. The van der Waals surface area contributed by atoms with Crippen LogP contribution in [0.3, 0.4) is 0 Å². The molecule has 6 rings (SSSR count). The fraction of sp³-hybridized carbons (Fsp3) is 0.333. The fourth-order valence-corrected chi connectivity index (χ4v) is 4.83. The molecule has 1 atom stereocenters. The molecule has 10 nitrogen and oxygen atoms in total. The predicted octanol–water partition coefficient (Wildman–Crippen LogP) is 4.57. The number of benzene rings is 1. The van der Waals surface area contributed by atoms with E-state index in [1.165, 1.54) is 18.3 Å². The van der Waals surface area contributed by atoms with E-state index >= 15 is 0 Å². The quantitative estimate of drug-likeness (QED) is 0.318. The number of hydrogen-bond acceptors (Lipinski definition) is 8. The molecule has 0 spiro atoms. The molecule has 3 aromatic heterocycles. The van der Waals surface area contributed by atoms with Crippen LogP contribution in [0.15, 0.2) is 47.2 Å². The summed E-state index contributed by atoms with van der Waals surface area (Å²) in [6, 6.07) is 5.97. The lowest BCUT2D eigenvalue weighted by atomic mass is 10.1. The van der Waals surface area contributed by atoms with Crippen molar-refractivity contribution in [2.24, 2.45) is 0 Å². The molecule has 0 bridgehead atoms. The summed E-state index contributed by atoms with van der Waals surface area (Å²) in [5, 5.41) is 9.62. The fourth-order valence-electron chi connectivity index (χ4n) is 4.67. The van der Waals surface area contributed by atoms with Crippen LogP contribution >= 0.6 is 11.6 Å². The Morgan fingerprint density at radius 3 is 2.85 bits per heavy atom. The summed E-state index contributed by atoms with van der Waals surface area (Å²) in [4.78, 5) is 27.0. The average Bonchev–Trinajstić information content (AvgIpc) is 3.45. The van der Waals surface area contributed by atoms with Crippen LogP contribution in [-0.4, -0.2) is 61.3 Å². The van der Waals surface area contributed by atoms with Crippen molar-refractivity contribution < 1.29 is 28.2 Å². The van der Waals surface area contributed by atoms with Crippen LogP contribution in [0.1, 0.15) is 40.5 Å². The third-order valence-corrected chi connectivity index (χ3v) is 7.14. The second kappa shape index (κ2) is 10.8. The van der Waals surface area contributed by atoms with Gasteiger partial charge in [0.2, 0.25) is 17.4 Å². The Kier molecular flexibility index (Phi) is 7.03. The van der Waals surface area contributed by atoms with Gasteiger partial charge < -0.3 is 23.6 Å². The number of halogens is 2. The van der Waals surface area contributed by atoms with Gasteiger partial charge in [-0.1, -0.05) is 23.7 Å². The van der Waals surface area contributed by atoms with Crippen LogP contribution in [0.5, 0.6) is 5.88 Å². The Labute approximate surface area is 227 Å². The molecule has 2 aliphatic heterocycles. The topological polar surface area (TPSA) is 116 Å². The third-order valence-electron chi connectivity index (χ3n) is 6.91. The van der Waals surface area contributed by atoms with Crippen molar-refractivity contribution >= 4 is 34.4 Å². The number of carboxylic acids is 1. The van der Waals surface area contributed by atoms with Crippen molar-refractivity contribution in [1.29, 1.82) is 0 Å². The first-order valence-electron chi connectivity index (χ1n) is 12.6. The van der Waals surface area contributed by atoms with Gasteiger partial charge >= 0.3 is 5.97 Å². The number of fused-ring (bicyclic) bond motifs is 1. The van der Waals surface area contributed by atoms with E-state index in [1.807, 2.05) is 4.57 Å². The minimum Gasteiger partial charge on any atom is -0.475 e. The summed E-state index contributed by atoms with van der Waals surface area (Å²) in [5.74, 6) is -0.563. The summed E-state index contributed by atoms with van der Waals surface area (Å²) in [7, 11) is 0. The number of rotatable bonds is 9. The normalized spacial score (nSPS) is 17.7. The summed E-state index contributed by atoms with van der Waals surface area (Å²) < 4.78 is 32.8. The van der Waals surface area contributed by atoms with Crippen LogP contribution in [0.2, 0.25) is 5.02 Å². The Bertz CT molecular complexity index is 1560. The lowest BCUT2D eigenvalue weighted by Crippen LogP contribution is -2.33. The molecule has 202 valence electrons. The summed E-state index contributed by atoms with van der Waals surface area (Å²) in [5.41, 5.74) is 3.13. The number of imidazole rings is 1. The Hall–Kier alpha value is -3.80. The zero-order valence-electron chi connectivity index (χ0n) is 20.8. The zero-order valence-corrected chi connectivity index (χ0v) is 21.6. The van der Waals surface area contributed by atoms with E-state index in [4.69, 9.17) is 25.5 Å². The number of nitrogens with zero attached hydrogens (tertiary/aromatic N) is 5. The van der Waals surface area contributed by atoms with Gasteiger partial charge in [0, 0.05) is 36.3 Å². The van der Waals surface area contributed by atoms with Gasteiger partial charge in [-0.2, -0.15) is 4.98 Å². The number of hydrogen-bond donors (Lipinski definition) is 1. The highest BCUT2D eigenvalue weighted by Crippen LogP contribution is 2.27. The minimum absolute atomic E-state index is 0.0172. The van der Waals surface area contributed by atoms with E-state index in [2.05, 4.69) is 25.9 Å². The molecular formula is C27H25ClFN5O5. The molecule has 0 saturated carbocycles. The van der Waals surface area contributed by atoms with Crippen LogP contribution in [-0.2, 0) is 24.4 Å². The molecule has 5 heterocycles. The number of carbonyl (C=O) groups is 1. The van der Waals surface area contributed by atoms with Gasteiger partial charge in [0.15, 0.2) is 0 Å². The molecular weight excluding hydrogens is 529 g/mol. The van der Waals surface area contributed by atoms with Crippen LogP contribution in [0.4, 0.5) is 4.39 Å². The van der Waals surface area contributed by atoms with E-state index in [0.717, 1.165) is 37.4 Å². The molecule has 0 unspecified atom stereocenters. The smallest absolute Gasteiger partial charge is 0.371 e. The highest BCUT2D eigenvalue weighted by molar-refractivity contribution is 6.30. The van der Waals surface area contributed by atoms with Crippen molar-refractivity contribution in [3.8, 4) is 5.88 Å². The summed E-state index contributed by atoms with van der Waals surface area (Å²) >= 11 is 5.82. The van der Waals surface area contributed by atoms with Crippen molar-refractivity contribution in [3.05, 3.63) is 76.4 Å². The number of aromatic nitrogens is 4. The van der Waals surface area contributed by atoms with E-state index in [9.17, 15) is 14.3 Å². The molecule has 1 aromatic carbocycles. The first kappa shape index (κ1) is 25.5. The second-order valence-corrected chi connectivity index (χ2v) is 9.94. The highest BCUT2D eigenvalue weighted by atomic mass is 35.5. The molecule has 1 saturated heterocycles. The zero-order chi connectivity index (χ0) is 26.9. The van der Waals surface area contributed by atoms with Crippen molar-refractivity contribution in [1.82, 2.24) is 24.4 Å². The van der Waals surface area contributed by atoms with Gasteiger partial charge in [-0.25, -0.2) is 14.2 Å². The Balaban J connectivity index is 1.13. The predicted molar refractivity (Wildman–Crippen MR) is 139 cm³/mol. The van der Waals surface area contributed by atoms with Gasteiger partial charge in [0.25, 0.3) is 0 Å². The van der Waals surface area contributed by atoms with Crippen molar-refractivity contribution in [2.45, 2.75) is 38.6 Å². The van der Waals surface area contributed by atoms with Crippen LogP contribution < -0.4 is 4.74 Å². The number of carboxylic acid groups (broad SMARTS) is 1. The lowest BCUT2D eigenvalue weighted by molar-refractivity contribution is -0.0591. The van der Waals surface area contributed by atoms with Crippen molar-refractivity contribution in [2.75, 3.05) is 19.7 Å². The van der Waals surface area contributed by atoms with E-state index < -0.39 is 11.8 Å². The number of aromatic carboxylic acids is 1. The molecule has 12 heteroatoms. The maximum absolute atomic E-state index is 14.1. The first-order valence-corrected chi connectivity index (χ1v) is 12.9. The van der Waals surface area contributed by atoms with Gasteiger partial charge in [0.05, 0.1) is 37.3 Å². The van der Waals surface area contributed by atoms with Gasteiger partial charge in [-0.05, 0) is 30.5 Å². The van der Waals surface area contributed by atoms with Gasteiger partial charge in [-0.15, -0.1) is 0 Å². The summed E-state index contributed by atoms with van der Waals surface area (Å²) in [6.07, 6.45) is 7.08. The van der Waals surface area contributed by atoms with E-state index in [0.29, 0.717) is 53.0 Å². The molecule has 39 heavy (non-hydrogen) atoms. The first-order chi connectivity index (χ1) is 18.9. The Morgan fingerprint density at radius 2 is 2.13 bits per heavy atom. The minimum atomic E-state index is -1.12. The largest absolute Gasteiger partial charge is 0.475 e. The highest BCUT2D eigenvalue weighted by Gasteiger charge is 2.26. The molecule has 0 aliphatic carbocycles. The van der Waals surface area contributed by atoms with Crippen LogP contribution in [0.25, 0.3) is 16.8 Å². The molecule has 2 aliphatic rings. The van der Waals surface area contributed by atoms with Gasteiger partial charge in [0.1, 0.15) is 23.8 Å². The third kappa shape index (κ3) is 5.51. The summed E-state index contributed by atoms with van der Waals surface area (Å²) in [6.45, 7) is 3.36. The second-order valence-electron chi connectivity index (χ2n) is 9.51. The number of furan rings is 1. The van der Waals surface area contributed by atoms with Crippen LogP contribution in [0, 0.1) is 5.82 Å². The van der Waals surface area contributed by atoms with Crippen molar-refractivity contribution in [3.63, 3.8) is 0 Å². The molecule has 0 amide bonds. The molecule has 1 fully saturated rings. The molecule has 1 N–H and O–H groups in total. The maximum atomic E-state index is 14.1. The Morgan fingerprint density at radius 1 is 1.26 bits per heavy atom.